The summed E-state index contributed by atoms with van der Waals surface area (Å²) in [6.07, 6.45) is 3.94. The second-order valence-corrected chi connectivity index (χ2v) is 7.41. The molecule has 1 rings (SSSR count). The number of benzene rings is 1. The lowest BCUT2D eigenvalue weighted by Crippen LogP contribution is -2.01. The summed E-state index contributed by atoms with van der Waals surface area (Å²) in [6, 6.07) is 4.55. The fourth-order valence-corrected chi connectivity index (χ4v) is 3.98. The number of ether oxygens (including phenoxy) is 2. The summed E-state index contributed by atoms with van der Waals surface area (Å²) >= 11 is 0. The number of rotatable bonds is 13. The van der Waals surface area contributed by atoms with Gasteiger partial charge in [0.1, 0.15) is 5.75 Å². The van der Waals surface area contributed by atoms with Crippen LogP contribution in [-0.2, 0) is 13.6 Å². The van der Waals surface area contributed by atoms with Gasteiger partial charge in [-0.3, -0.25) is 4.57 Å². The van der Waals surface area contributed by atoms with Gasteiger partial charge >= 0.3 is 7.60 Å². The minimum Gasteiger partial charge on any atom is -0.494 e. The number of hydrogen-bond donors (Lipinski definition) is 0. The quantitative estimate of drug-likeness (QED) is 0.363. The van der Waals surface area contributed by atoms with E-state index in [9.17, 15) is 8.96 Å². The first kappa shape index (κ1) is 20.9. The van der Waals surface area contributed by atoms with E-state index >= 15 is 0 Å². The van der Waals surface area contributed by atoms with Crippen molar-refractivity contribution >= 4 is 7.60 Å². The van der Waals surface area contributed by atoms with Crippen molar-refractivity contribution in [2.75, 3.05) is 33.1 Å². The molecular weight excluding hydrogens is 334 g/mol. The van der Waals surface area contributed by atoms with Crippen molar-refractivity contribution in [3.05, 3.63) is 24.0 Å². The van der Waals surface area contributed by atoms with E-state index in [1.165, 1.54) is 13.2 Å². The molecule has 0 aliphatic rings. The Hall–Kier alpha value is -1.10. The van der Waals surface area contributed by atoms with E-state index in [-0.39, 0.29) is 5.75 Å². The van der Waals surface area contributed by atoms with Crippen LogP contribution in [0.15, 0.2) is 18.2 Å². The zero-order chi connectivity index (χ0) is 17.8. The summed E-state index contributed by atoms with van der Waals surface area (Å²) in [5.41, 5.74) is 0. The van der Waals surface area contributed by atoms with E-state index in [0.717, 1.165) is 25.7 Å². The van der Waals surface area contributed by atoms with Crippen LogP contribution >= 0.6 is 7.60 Å². The highest BCUT2D eigenvalue weighted by molar-refractivity contribution is 7.53. The molecule has 0 amide bonds. The van der Waals surface area contributed by atoms with Gasteiger partial charge < -0.3 is 18.5 Å². The van der Waals surface area contributed by atoms with Gasteiger partial charge in [0.25, 0.3) is 0 Å². The molecule has 0 spiro atoms. The molecule has 0 saturated heterocycles. The van der Waals surface area contributed by atoms with Crippen LogP contribution in [0.1, 0.15) is 39.5 Å². The van der Waals surface area contributed by atoms with E-state index in [2.05, 4.69) is 0 Å². The molecule has 0 fully saturated rings. The van der Waals surface area contributed by atoms with E-state index < -0.39 is 13.4 Å². The smallest absolute Gasteiger partial charge is 0.330 e. The third-order valence-electron chi connectivity index (χ3n) is 3.37. The summed E-state index contributed by atoms with van der Waals surface area (Å²) in [6.45, 7) is 4.92. The highest BCUT2D eigenvalue weighted by atomic mass is 31.2. The third-order valence-corrected chi connectivity index (χ3v) is 5.54. The first-order valence-corrected chi connectivity index (χ1v) is 10.1. The lowest BCUT2D eigenvalue weighted by atomic mass is 10.2. The van der Waals surface area contributed by atoms with E-state index in [4.69, 9.17) is 18.5 Å². The van der Waals surface area contributed by atoms with Crippen LogP contribution in [0.4, 0.5) is 4.39 Å². The predicted octanol–water partition coefficient (Wildman–Crippen LogP) is 5.04. The minimum absolute atomic E-state index is 0.204. The van der Waals surface area contributed by atoms with Crippen LogP contribution in [0.5, 0.6) is 11.5 Å². The first-order chi connectivity index (χ1) is 11.5. The van der Waals surface area contributed by atoms with Crippen LogP contribution < -0.4 is 9.47 Å². The number of hydrogen-bond acceptors (Lipinski definition) is 5. The van der Waals surface area contributed by atoms with Crippen molar-refractivity contribution in [1.82, 2.24) is 0 Å². The Morgan fingerprint density at radius 3 is 2.29 bits per heavy atom. The molecule has 138 valence electrons. The van der Waals surface area contributed by atoms with Crippen molar-refractivity contribution in [1.29, 1.82) is 0 Å². The van der Waals surface area contributed by atoms with Gasteiger partial charge in [0.15, 0.2) is 11.6 Å². The molecule has 1 aromatic carbocycles. The Kier molecular flexibility index (Phi) is 9.99. The summed E-state index contributed by atoms with van der Waals surface area (Å²) in [5.74, 6) is 0.262. The standard InChI is InChI=1S/C17H28FO5P/c1-4-22-24(19,23-5-2)13-9-7-6-8-12-21-15-10-11-17(20-3)16(18)14-15/h10-11,14H,4-9,12-13H2,1-3H3. The summed E-state index contributed by atoms with van der Waals surface area (Å²) < 4.78 is 46.6. The van der Waals surface area contributed by atoms with Gasteiger partial charge in [-0.15, -0.1) is 0 Å². The minimum atomic E-state index is -2.92. The number of methoxy groups -OCH3 is 1. The number of unbranched alkanes of at least 4 members (excludes halogenated alkanes) is 3. The van der Waals surface area contributed by atoms with E-state index in [1.807, 2.05) is 13.8 Å². The van der Waals surface area contributed by atoms with E-state index in [0.29, 0.717) is 31.7 Å². The van der Waals surface area contributed by atoms with Crippen LogP contribution in [0.2, 0.25) is 0 Å². The molecule has 0 aliphatic carbocycles. The first-order valence-electron chi connectivity index (χ1n) is 8.39. The highest BCUT2D eigenvalue weighted by Crippen LogP contribution is 2.48. The lowest BCUT2D eigenvalue weighted by molar-refractivity contribution is 0.219. The molecule has 0 heterocycles. The predicted molar refractivity (Wildman–Crippen MR) is 92.6 cm³/mol. The lowest BCUT2D eigenvalue weighted by Gasteiger charge is -2.16. The average molecular weight is 362 g/mol. The fourth-order valence-electron chi connectivity index (χ4n) is 2.25. The highest BCUT2D eigenvalue weighted by Gasteiger charge is 2.22. The molecule has 0 radical (unpaired) electrons. The van der Waals surface area contributed by atoms with E-state index in [1.54, 1.807) is 12.1 Å². The van der Waals surface area contributed by atoms with Crippen molar-refractivity contribution in [2.24, 2.45) is 0 Å². The van der Waals surface area contributed by atoms with Gasteiger partial charge in [-0.2, -0.15) is 0 Å². The summed E-state index contributed by atoms with van der Waals surface area (Å²) in [5, 5.41) is 0. The molecule has 0 saturated carbocycles. The van der Waals surface area contributed by atoms with Gasteiger partial charge in [0.2, 0.25) is 0 Å². The molecular formula is C17H28FO5P. The maximum Gasteiger partial charge on any atom is 0.330 e. The second-order valence-electron chi connectivity index (χ2n) is 5.23. The van der Waals surface area contributed by atoms with Gasteiger partial charge in [0, 0.05) is 6.07 Å². The number of halogens is 1. The second kappa shape index (κ2) is 11.5. The SMILES string of the molecule is CCOP(=O)(CCCCCCOc1ccc(OC)c(F)c1)OCC. The zero-order valence-corrected chi connectivity index (χ0v) is 15.6. The van der Waals surface area contributed by atoms with Crippen LogP contribution in [0.3, 0.4) is 0 Å². The molecule has 24 heavy (non-hydrogen) atoms. The van der Waals surface area contributed by atoms with Gasteiger partial charge in [0.05, 0.1) is 33.1 Å². The summed E-state index contributed by atoms with van der Waals surface area (Å²) in [7, 11) is -1.50. The molecule has 0 bridgehead atoms. The normalized spacial score (nSPS) is 11.5. The van der Waals surface area contributed by atoms with Crippen molar-refractivity contribution in [2.45, 2.75) is 39.5 Å². The largest absolute Gasteiger partial charge is 0.494 e. The average Bonchev–Trinajstić information content (AvgIpc) is 2.54. The Balaban J connectivity index is 2.18. The molecule has 7 heteroatoms. The molecule has 0 aliphatic heterocycles. The Morgan fingerprint density at radius 2 is 1.71 bits per heavy atom. The van der Waals surface area contributed by atoms with Crippen LogP contribution in [0, 0.1) is 5.82 Å². The summed E-state index contributed by atoms with van der Waals surface area (Å²) in [4.78, 5) is 0. The van der Waals surface area contributed by atoms with Crippen molar-refractivity contribution < 1.29 is 27.5 Å². The maximum atomic E-state index is 13.5. The molecule has 0 atom stereocenters. The monoisotopic (exact) mass is 362 g/mol. The maximum absolute atomic E-state index is 13.5. The molecule has 0 aromatic heterocycles. The van der Waals surface area contributed by atoms with Gasteiger partial charge in [-0.25, -0.2) is 4.39 Å². The molecule has 1 aromatic rings. The van der Waals surface area contributed by atoms with Crippen molar-refractivity contribution in [3.63, 3.8) is 0 Å². The topological polar surface area (TPSA) is 54.0 Å². The molecule has 0 N–H and O–H groups in total. The van der Waals surface area contributed by atoms with Crippen LogP contribution in [-0.4, -0.2) is 33.1 Å². The van der Waals surface area contributed by atoms with Gasteiger partial charge in [-0.05, 0) is 38.8 Å². The Labute approximate surface area is 144 Å². The van der Waals surface area contributed by atoms with Crippen LogP contribution in [0.25, 0.3) is 0 Å². The third kappa shape index (κ3) is 7.65. The van der Waals surface area contributed by atoms with Crippen molar-refractivity contribution in [3.8, 4) is 11.5 Å². The Morgan fingerprint density at radius 1 is 1.04 bits per heavy atom. The molecule has 0 unspecified atom stereocenters. The molecule has 5 nitrogen and oxygen atoms in total. The van der Waals surface area contributed by atoms with Gasteiger partial charge in [-0.1, -0.05) is 12.8 Å². The zero-order valence-electron chi connectivity index (χ0n) is 14.8. The Bertz CT molecular complexity index is 514. The fraction of sp³-hybridized carbons (Fsp3) is 0.647.